The van der Waals surface area contributed by atoms with Crippen LogP contribution in [0.4, 0.5) is 5.69 Å². The number of carbonyl (C=O) groups excluding carboxylic acids is 3. The molecule has 0 saturated heterocycles. The number of aliphatic imine (C=N–C) groups is 1. The van der Waals surface area contributed by atoms with Gasteiger partial charge in [0, 0.05) is 28.1 Å². The smallest absolute Gasteiger partial charge is 0.252 e. The molecule has 1 heterocycles. The number of fused-ring (bicyclic) bond motifs is 1. The number of Topliss-reactive ketones (excluding diaryl/α,β-unsaturated/α-hetero) is 1. The number of aromatic hydroxyl groups is 1. The Labute approximate surface area is 271 Å². The monoisotopic (exact) mass is 627 g/mol. The molecule has 0 saturated carbocycles. The van der Waals surface area contributed by atoms with Crippen molar-refractivity contribution in [1.82, 2.24) is 5.32 Å². The number of halogens is 1. The quantitative estimate of drug-likeness (QED) is 0.187. The van der Waals surface area contributed by atoms with Crippen molar-refractivity contribution in [3.05, 3.63) is 155 Å². The van der Waals surface area contributed by atoms with E-state index in [1.54, 1.807) is 77.7 Å². The number of nitrogens with zero attached hydrogens (tertiary/aromatic N) is 2. The van der Waals surface area contributed by atoms with Crippen LogP contribution in [-0.4, -0.2) is 41.0 Å². The lowest BCUT2D eigenvalue weighted by atomic mass is 9.99. The fourth-order valence-corrected chi connectivity index (χ4v) is 5.60. The highest BCUT2D eigenvalue weighted by Crippen LogP contribution is 2.33. The molecule has 2 amide bonds. The van der Waals surface area contributed by atoms with Crippen molar-refractivity contribution in [2.75, 3.05) is 11.4 Å². The second kappa shape index (κ2) is 13.6. The standard InChI is InChI=1S/C38H30ClN3O4/c39-30-17-20-35-33(21-30)36(28-15-18-31(43)19-16-28)41-34(22-32(44)23-40-37(45)29-9-5-2-6-10-29)38(46)42(35)24-25-11-13-27(14-12-25)26-7-3-1-4-8-26/h1-21,34,43H,22-24H2,(H,40,45). The molecule has 1 aliphatic rings. The Hall–Kier alpha value is -5.53. The van der Waals surface area contributed by atoms with Crippen LogP contribution in [-0.2, 0) is 16.1 Å². The number of benzodiazepines with no additional fused rings is 1. The van der Waals surface area contributed by atoms with E-state index in [1.807, 2.05) is 54.6 Å². The number of carbonyl (C=O) groups is 3. The van der Waals surface area contributed by atoms with E-state index in [1.165, 1.54) is 0 Å². The van der Waals surface area contributed by atoms with E-state index >= 15 is 0 Å². The van der Waals surface area contributed by atoms with Gasteiger partial charge in [0.15, 0.2) is 5.78 Å². The average Bonchev–Trinajstić information content (AvgIpc) is 3.19. The molecule has 1 aliphatic heterocycles. The highest BCUT2D eigenvalue weighted by molar-refractivity contribution is 6.32. The third-order valence-corrected chi connectivity index (χ3v) is 8.02. The van der Waals surface area contributed by atoms with Gasteiger partial charge in [0.2, 0.25) is 0 Å². The number of anilines is 1. The highest BCUT2D eigenvalue weighted by atomic mass is 35.5. The average molecular weight is 628 g/mol. The molecular formula is C38H30ClN3O4. The predicted molar refractivity (Wildman–Crippen MR) is 180 cm³/mol. The van der Waals surface area contributed by atoms with Gasteiger partial charge >= 0.3 is 0 Å². The minimum atomic E-state index is -1.07. The summed E-state index contributed by atoms with van der Waals surface area (Å²) in [6.07, 6.45) is -0.222. The van der Waals surface area contributed by atoms with Gasteiger partial charge in [-0.15, -0.1) is 0 Å². The van der Waals surface area contributed by atoms with Gasteiger partial charge in [0.25, 0.3) is 11.8 Å². The summed E-state index contributed by atoms with van der Waals surface area (Å²) in [5, 5.41) is 13.1. The topological polar surface area (TPSA) is 99.1 Å². The van der Waals surface area contributed by atoms with E-state index in [4.69, 9.17) is 16.6 Å². The zero-order chi connectivity index (χ0) is 32.0. The van der Waals surface area contributed by atoms with Crippen molar-refractivity contribution in [3.8, 4) is 16.9 Å². The maximum atomic E-state index is 14.3. The molecule has 46 heavy (non-hydrogen) atoms. The van der Waals surface area contributed by atoms with Crippen molar-refractivity contribution in [2.24, 2.45) is 4.99 Å². The van der Waals surface area contributed by atoms with E-state index < -0.39 is 6.04 Å². The lowest BCUT2D eigenvalue weighted by Crippen LogP contribution is -2.40. The van der Waals surface area contributed by atoms with E-state index in [0.717, 1.165) is 16.7 Å². The van der Waals surface area contributed by atoms with Crippen LogP contribution in [0.5, 0.6) is 5.75 Å². The van der Waals surface area contributed by atoms with Gasteiger partial charge < -0.3 is 15.3 Å². The zero-order valence-corrected chi connectivity index (χ0v) is 25.5. The first-order valence-corrected chi connectivity index (χ1v) is 15.2. The van der Waals surface area contributed by atoms with Crippen molar-refractivity contribution < 1.29 is 19.5 Å². The molecule has 2 N–H and O–H groups in total. The molecule has 7 nitrogen and oxygen atoms in total. The van der Waals surface area contributed by atoms with Crippen molar-refractivity contribution in [2.45, 2.75) is 19.0 Å². The molecule has 228 valence electrons. The van der Waals surface area contributed by atoms with Gasteiger partial charge in [-0.05, 0) is 71.3 Å². The Kier molecular flexibility index (Phi) is 9.03. The van der Waals surface area contributed by atoms with Gasteiger partial charge in [-0.1, -0.05) is 84.4 Å². The summed E-state index contributed by atoms with van der Waals surface area (Å²) in [7, 11) is 0. The molecule has 0 fully saturated rings. The second-order valence-electron chi connectivity index (χ2n) is 11.0. The number of hydrogen-bond donors (Lipinski definition) is 2. The molecule has 0 aliphatic carbocycles. The van der Waals surface area contributed by atoms with Crippen LogP contribution in [0.3, 0.4) is 0 Å². The van der Waals surface area contributed by atoms with Crippen LogP contribution in [0.1, 0.15) is 33.5 Å². The van der Waals surface area contributed by atoms with Crippen molar-refractivity contribution in [3.63, 3.8) is 0 Å². The Balaban J connectivity index is 1.33. The number of phenolic OH excluding ortho intramolecular Hbond substituents is 1. The fourth-order valence-electron chi connectivity index (χ4n) is 5.43. The Bertz CT molecular complexity index is 1910. The zero-order valence-electron chi connectivity index (χ0n) is 24.8. The molecule has 6 rings (SSSR count). The Morgan fingerprint density at radius 1 is 0.783 bits per heavy atom. The number of amides is 2. The highest BCUT2D eigenvalue weighted by Gasteiger charge is 2.33. The summed E-state index contributed by atoms with van der Waals surface area (Å²) in [5.74, 6) is -0.987. The summed E-state index contributed by atoms with van der Waals surface area (Å²) in [4.78, 5) is 46.6. The third-order valence-electron chi connectivity index (χ3n) is 7.79. The number of rotatable bonds is 9. The lowest BCUT2D eigenvalue weighted by molar-refractivity contribution is -0.124. The normalized spacial score (nSPS) is 14.2. The lowest BCUT2D eigenvalue weighted by Gasteiger charge is -2.25. The van der Waals surface area contributed by atoms with Gasteiger partial charge in [-0.3, -0.25) is 19.4 Å². The SMILES string of the molecule is O=C(CNC(=O)c1ccccc1)CC1N=C(c2ccc(O)cc2)c2cc(Cl)ccc2N(Cc2ccc(-c3ccccc3)cc2)C1=O. The summed E-state index contributed by atoms with van der Waals surface area (Å²) in [5.41, 5.74) is 5.81. The predicted octanol–water partition coefficient (Wildman–Crippen LogP) is 6.85. The molecule has 5 aromatic rings. The van der Waals surface area contributed by atoms with E-state index in [2.05, 4.69) is 5.32 Å². The van der Waals surface area contributed by atoms with E-state index in [0.29, 0.717) is 33.1 Å². The molecule has 0 aromatic heterocycles. The summed E-state index contributed by atoms with van der Waals surface area (Å²) in [6.45, 7) is -0.0162. The molecule has 8 heteroatoms. The molecule has 0 radical (unpaired) electrons. The van der Waals surface area contributed by atoms with Crippen molar-refractivity contribution in [1.29, 1.82) is 0 Å². The third kappa shape index (κ3) is 6.90. The summed E-state index contributed by atoms with van der Waals surface area (Å²) in [6, 6.07) is 37.3. The maximum Gasteiger partial charge on any atom is 0.252 e. The minimum Gasteiger partial charge on any atom is -0.508 e. The second-order valence-corrected chi connectivity index (χ2v) is 11.4. The fraction of sp³-hybridized carbons (Fsp3) is 0.105. The summed E-state index contributed by atoms with van der Waals surface area (Å²) < 4.78 is 0. The van der Waals surface area contributed by atoms with Crippen molar-refractivity contribution >= 4 is 40.6 Å². The number of hydrogen-bond acceptors (Lipinski definition) is 5. The minimum absolute atomic E-state index is 0.0850. The molecule has 1 atom stereocenters. The molecular weight excluding hydrogens is 598 g/mol. The van der Waals surface area contributed by atoms with E-state index in [-0.39, 0.29) is 42.9 Å². The maximum absolute atomic E-state index is 14.3. The Morgan fingerprint density at radius 3 is 2.11 bits per heavy atom. The molecule has 5 aromatic carbocycles. The Morgan fingerprint density at radius 2 is 1.41 bits per heavy atom. The first-order chi connectivity index (χ1) is 22.4. The van der Waals surface area contributed by atoms with Crippen LogP contribution >= 0.6 is 11.6 Å². The number of benzene rings is 5. The van der Waals surface area contributed by atoms with Crippen LogP contribution in [0.15, 0.2) is 132 Å². The molecule has 0 spiro atoms. The van der Waals surface area contributed by atoms with Crippen LogP contribution in [0, 0.1) is 0 Å². The number of nitrogens with one attached hydrogen (secondary N) is 1. The summed E-state index contributed by atoms with van der Waals surface area (Å²) >= 11 is 6.48. The van der Waals surface area contributed by atoms with Gasteiger partial charge in [0.1, 0.15) is 11.8 Å². The van der Waals surface area contributed by atoms with Gasteiger partial charge in [0.05, 0.1) is 24.5 Å². The first kappa shape index (κ1) is 30.5. The van der Waals surface area contributed by atoms with Gasteiger partial charge in [-0.2, -0.15) is 0 Å². The van der Waals surface area contributed by atoms with Crippen LogP contribution < -0.4 is 10.2 Å². The van der Waals surface area contributed by atoms with Crippen LogP contribution in [0.2, 0.25) is 5.02 Å². The number of phenols is 1. The van der Waals surface area contributed by atoms with Gasteiger partial charge in [-0.25, -0.2) is 0 Å². The largest absolute Gasteiger partial charge is 0.508 e. The van der Waals surface area contributed by atoms with E-state index in [9.17, 15) is 19.5 Å². The van der Waals surface area contributed by atoms with Crippen LogP contribution in [0.25, 0.3) is 11.1 Å². The first-order valence-electron chi connectivity index (χ1n) is 14.8. The molecule has 0 bridgehead atoms. The number of ketones is 1. The molecule has 1 unspecified atom stereocenters.